The van der Waals surface area contributed by atoms with Gasteiger partial charge in [0, 0.05) is 43.7 Å². The highest BCUT2D eigenvalue weighted by atomic mass is 15.3. The molecule has 0 saturated heterocycles. The minimum Gasteiger partial charge on any atom is -0.370 e. The quantitative estimate of drug-likeness (QED) is 0.822. The molecule has 0 spiro atoms. The normalized spacial score (nSPS) is 21.5. The minimum absolute atomic E-state index is 0.335. The van der Waals surface area contributed by atoms with Crippen LogP contribution >= 0.6 is 0 Å². The molecule has 3 N–H and O–H groups in total. The van der Waals surface area contributed by atoms with Crippen LogP contribution in [0.2, 0.25) is 0 Å². The fraction of sp³-hybridized carbons (Fsp3) is 0.538. The van der Waals surface area contributed by atoms with Crippen molar-refractivity contribution in [3.05, 3.63) is 30.2 Å². The summed E-state index contributed by atoms with van der Waals surface area (Å²) in [7, 11) is 1.89. The minimum atomic E-state index is 0.335. The lowest BCUT2D eigenvalue weighted by Gasteiger charge is -2.31. The number of hydrogen-bond acceptors (Lipinski definition) is 6. The lowest BCUT2D eigenvalue weighted by atomic mass is 9.79. The Kier molecular flexibility index (Phi) is 3.60. The molecular weight excluding hydrogens is 254 g/mol. The van der Waals surface area contributed by atoms with E-state index >= 15 is 0 Å². The molecule has 2 heterocycles. The molecule has 0 bridgehead atoms. The van der Waals surface area contributed by atoms with Gasteiger partial charge < -0.3 is 11.1 Å². The average molecular weight is 273 g/mol. The summed E-state index contributed by atoms with van der Waals surface area (Å²) in [4.78, 5) is 12.8. The summed E-state index contributed by atoms with van der Waals surface area (Å²) < 4.78 is 1.78. The third kappa shape index (κ3) is 2.77. The van der Waals surface area contributed by atoms with Crippen molar-refractivity contribution >= 4 is 5.82 Å². The van der Waals surface area contributed by atoms with E-state index in [1.54, 1.807) is 17.3 Å². The van der Waals surface area contributed by atoms with Crippen molar-refractivity contribution in [3.8, 4) is 0 Å². The Hall–Kier alpha value is -2.02. The zero-order chi connectivity index (χ0) is 13.9. The number of aromatic nitrogens is 5. The van der Waals surface area contributed by atoms with E-state index in [-0.39, 0.29) is 0 Å². The van der Waals surface area contributed by atoms with E-state index in [1.807, 2.05) is 13.1 Å². The van der Waals surface area contributed by atoms with Crippen LogP contribution < -0.4 is 11.1 Å². The molecule has 106 valence electrons. The Bertz CT molecular complexity index is 574. The molecule has 2 aromatic heterocycles. The van der Waals surface area contributed by atoms with Gasteiger partial charge in [-0.05, 0) is 12.8 Å². The van der Waals surface area contributed by atoms with E-state index < -0.39 is 0 Å². The summed E-state index contributed by atoms with van der Waals surface area (Å²) in [5.41, 5.74) is 6.90. The van der Waals surface area contributed by atoms with Crippen molar-refractivity contribution in [1.29, 1.82) is 0 Å². The number of rotatable bonds is 5. The molecule has 2 aromatic rings. The topological polar surface area (TPSA) is 94.5 Å². The zero-order valence-corrected chi connectivity index (χ0v) is 11.5. The molecule has 0 aromatic carbocycles. The molecule has 7 heteroatoms. The standard InChI is InChI=1S/C13H19N7/c1-20-13(18-8-19-20)2-3-15-12-6-11(16-7-17-12)9-4-10(14)5-9/h6-10H,2-5,14H2,1H3,(H,15,16,17). The maximum atomic E-state index is 5.82. The highest BCUT2D eigenvalue weighted by Crippen LogP contribution is 2.34. The first-order chi connectivity index (χ1) is 9.72. The molecule has 3 rings (SSSR count). The predicted octanol–water partition coefficient (Wildman–Crippen LogP) is 0.464. The Morgan fingerprint density at radius 3 is 2.85 bits per heavy atom. The van der Waals surface area contributed by atoms with Gasteiger partial charge in [0.15, 0.2) is 0 Å². The van der Waals surface area contributed by atoms with Gasteiger partial charge in [-0.15, -0.1) is 0 Å². The van der Waals surface area contributed by atoms with Crippen LogP contribution in [-0.4, -0.2) is 37.3 Å². The molecule has 0 aliphatic heterocycles. The first-order valence-corrected chi connectivity index (χ1v) is 6.86. The maximum absolute atomic E-state index is 5.82. The Morgan fingerprint density at radius 1 is 1.30 bits per heavy atom. The molecule has 1 aliphatic carbocycles. The van der Waals surface area contributed by atoms with Gasteiger partial charge in [-0.25, -0.2) is 15.0 Å². The molecule has 7 nitrogen and oxygen atoms in total. The van der Waals surface area contributed by atoms with Crippen molar-refractivity contribution in [3.63, 3.8) is 0 Å². The smallest absolute Gasteiger partial charge is 0.138 e. The molecule has 1 aliphatic rings. The van der Waals surface area contributed by atoms with E-state index in [0.717, 1.165) is 43.1 Å². The van der Waals surface area contributed by atoms with Crippen LogP contribution in [-0.2, 0) is 13.5 Å². The second-order valence-electron chi connectivity index (χ2n) is 5.23. The molecular formula is C13H19N7. The van der Waals surface area contributed by atoms with Crippen LogP contribution in [0.4, 0.5) is 5.82 Å². The number of nitrogens with one attached hydrogen (secondary N) is 1. The van der Waals surface area contributed by atoms with E-state index in [0.29, 0.717) is 12.0 Å². The highest BCUT2D eigenvalue weighted by Gasteiger charge is 2.28. The van der Waals surface area contributed by atoms with Crippen molar-refractivity contribution < 1.29 is 0 Å². The molecule has 1 fully saturated rings. The van der Waals surface area contributed by atoms with Crippen LogP contribution in [0.5, 0.6) is 0 Å². The number of nitrogens with zero attached hydrogens (tertiary/aromatic N) is 5. The summed E-state index contributed by atoms with van der Waals surface area (Å²) >= 11 is 0. The zero-order valence-electron chi connectivity index (χ0n) is 11.5. The fourth-order valence-electron chi connectivity index (χ4n) is 2.44. The third-order valence-corrected chi connectivity index (χ3v) is 3.74. The van der Waals surface area contributed by atoms with Gasteiger partial charge in [-0.3, -0.25) is 4.68 Å². The van der Waals surface area contributed by atoms with E-state index in [1.165, 1.54) is 0 Å². The van der Waals surface area contributed by atoms with Gasteiger partial charge >= 0.3 is 0 Å². The monoisotopic (exact) mass is 273 g/mol. The summed E-state index contributed by atoms with van der Waals surface area (Å²) in [5, 5.41) is 7.35. The lowest BCUT2D eigenvalue weighted by Crippen LogP contribution is -2.35. The Morgan fingerprint density at radius 2 is 2.15 bits per heavy atom. The number of aryl methyl sites for hydroxylation is 1. The SMILES string of the molecule is Cn1ncnc1CCNc1cc(C2CC(N)C2)ncn1. The second-order valence-corrected chi connectivity index (χ2v) is 5.23. The average Bonchev–Trinajstić information content (AvgIpc) is 2.81. The third-order valence-electron chi connectivity index (χ3n) is 3.74. The first-order valence-electron chi connectivity index (χ1n) is 6.86. The van der Waals surface area contributed by atoms with Crippen molar-refractivity contribution in [1.82, 2.24) is 24.7 Å². The fourth-order valence-corrected chi connectivity index (χ4v) is 2.44. The van der Waals surface area contributed by atoms with Crippen LogP contribution in [0, 0.1) is 0 Å². The first kappa shape index (κ1) is 13.0. The molecule has 0 amide bonds. The van der Waals surface area contributed by atoms with Crippen LogP contribution in [0.1, 0.15) is 30.3 Å². The van der Waals surface area contributed by atoms with E-state index in [2.05, 4.69) is 25.4 Å². The van der Waals surface area contributed by atoms with Crippen LogP contribution in [0.3, 0.4) is 0 Å². The second kappa shape index (κ2) is 5.54. The molecule has 0 unspecified atom stereocenters. The summed E-state index contributed by atoms with van der Waals surface area (Å²) in [6, 6.07) is 2.36. The molecule has 20 heavy (non-hydrogen) atoms. The van der Waals surface area contributed by atoms with Gasteiger partial charge in [0.1, 0.15) is 24.3 Å². The van der Waals surface area contributed by atoms with E-state index in [9.17, 15) is 0 Å². The molecule has 1 saturated carbocycles. The van der Waals surface area contributed by atoms with Gasteiger partial charge in [-0.1, -0.05) is 0 Å². The maximum Gasteiger partial charge on any atom is 0.138 e. The predicted molar refractivity (Wildman–Crippen MR) is 75.2 cm³/mol. The van der Waals surface area contributed by atoms with Crippen molar-refractivity contribution in [2.75, 3.05) is 11.9 Å². The van der Waals surface area contributed by atoms with E-state index in [4.69, 9.17) is 5.73 Å². The summed E-state index contributed by atoms with van der Waals surface area (Å²) in [5.74, 6) is 2.31. The largest absolute Gasteiger partial charge is 0.370 e. The highest BCUT2D eigenvalue weighted by molar-refractivity contribution is 5.36. The Balaban J connectivity index is 1.55. The van der Waals surface area contributed by atoms with Crippen molar-refractivity contribution in [2.45, 2.75) is 31.2 Å². The lowest BCUT2D eigenvalue weighted by molar-refractivity contribution is 0.345. The van der Waals surface area contributed by atoms with Gasteiger partial charge in [0.2, 0.25) is 0 Å². The molecule has 0 radical (unpaired) electrons. The van der Waals surface area contributed by atoms with Gasteiger partial charge in [-0.2, -0.15) is 5.10 Å². The number of hydrogen-bond donors (Lipinski definition) is 2. The Labute approximate surface area is 117 Å². The van der Waals surface area contributed by atoms with Crippen LogP contribution in [0.25, 0.3) is 0 Å². The molecule has 0 atom stereocenters. The number of anilines is 1. The van der Waals surface area contributed by atoms with Crippen LogP contribution in [0.15, 0.2) is 18.7 Å². The van der Waals surface area contributed by atoms with Gasteiger partial charge in [0.05, 0.1) is 0 Å². The summed E-state index contributed by atoms with van der Waals surface area (Å²) in [6.45, 7) is 0.771. The number of nitrogens with two attached hydrogens (primary N) is 1. The summed E-state index contributed by atoms with van der Waals surface area (Å²) in [6.07, 6.45) is 6.04. The van der Waals surface area contributed by atoms with Crippen molar-refractivity contribution in [2.24, 2.45) is 12.8 Å². The van der Waals surface area contributed by atoms with Gasteiger partial charge in [0.25, 0.3) is 0 Å².